The predicted molar refractivity (Wildman–Crippen MR) is 138 cm³/mol. The molecule has 0 spiro atoms. The minimum atomic E-state index is -4.41. The van der Waals surface area contributed by atoms with Gasteiger partial charge in [-0.2, -0.15) is 13.2 Å². The molecule has 37 heavy (non-hydrogen) atoms. The molecule has 0 saturated heterocycles. The Bertz CT molecular complexity index is 1330. The van der Waals surface area contributed by atoms with Gasteiger partial charge in [0.2, 0.25) is 0 Å². The fourth-order valence-corrected chi connectivity index (χ4v) is 4.67. The molecular formula is C28H30F3N3O3. The third-order valence-electron chi connectivity index (χ3n) is 6.65. The summed E-state index contributed by atoms with van der Waals surface area (Å²) in [7, 11) is 1.48. The number of ether oxygens (including phenoxy) is 1. The van der Waals surface area contributed by atoms with Gasteiger partial charge in [0.1, 0.15) is 18.6 Å². The molecule has 196 valence electrons. The lowest BCUT2D eigenvalue weighted by Gasteiger charge is -2.34. The Balaban J connectivity index is 1.59. The molecule has 6 nitrogen and oxygen atoms in total. The smallest absolute Gasteiger partial charge is 0.406 e. The van der Waals surface area contributed by atoms with Crippen LogP contribution < -0.4 is 15.4 Å². The molecule has 2 aromatic carbocycles. The minimum absolute atomic E-state index is 0.135. The molecule has 3 aromatic rings. The van der Waals surface area contributed by atoms with Crippen LogP contribution in [0.25, 0.3) is 10.9 Å². The van der Waals surface area contributed by atoms with Crippen molar-refractivity contribution in [2.24, 2.45) is 0 Å². The second-order valence-corrected chi connectivity index (χ2v) is 9.62. The largest absolute Gasteiger partial charge is 0.495 e. The maximum atomic E-state index is 13.5. The van der Waals surface area contributed by atoms with Gasteiger partial charge >= 0.3 is 6.18 Å². The summed E-state index contributed by atoms with van der Waals surface area (Å²) >= 11 is 0. The van der Waals surface area contributed by atoms with E-state index in [2.05, 4.69) is 22.5 Å². The minimum Gasteiger partial charge on any atom is -0.495 e. The van der Waals surface area contributed by atoms with Gasteiger partial charge in [-0.05, 0) is 74.9 Å². The Morgan fingerprint density at radius 3 is 2.62 bits per heavy atom. The van der Waals surface area contributed by atoms with Crippen molar-refractivity contribution in [1.29, 1.82) is 0 Å². The Labute approximate surface area is 213 Å². The molecular weight excluding hydrogens is 483 g/mol. The molecule has 1 saturated carbocycles. The molecule has 1 fully saturated rings. The van der Waals surface area contributed by atoms with Gasteiger partial charge in [0.25, 0.3) is 0 Å². The van der Waals surface area contributed by atoms with Gasteiger partial charge < -0.3 is 25.0 Å². The van der Waals surface area contributed by atoms with Crippen molar-refractivity contribution in [3.8, 4) is 17.6 Å². The Morgan fingerprint density at radius 2 is 1.95 bits per heavy atom. The van der Waals surface area contributed by atoms with E-state index in [1.54, 1.807) is 36.4 Å². The first-order valence-electron chi connectivity index (χ1n) is 12.1. The van der Waals surface area contributed by atoms with Crippen LogP contribution in [0.5, 0.6) is 5.75 Å². The van der Waals surface area contributed by atoms with Gasteiger partial charge in [0, 0.05) is 22.7 Å². The summed E-state index contributed by atoms with van der Waals surface area (Å²) < 4.78 is 46.9. The van der Waals surface area contributed by atoms with Crippen LogP contribution in [0, 0.1) is 11.8 Å². The zero-order chi connectivity index (χ0) is 26.6. The number of methoxy groups -OCH3 is 1. The second kappa shape index (κ2) is 10.8. The lowest BCUT2D eigenvalue weighted by molar-refractivity contribution is -0.140. The summed E-state index contributed by atoms with van der Waals surface area (Å²) in [5.41, 5.74) is 1.89. The summed E-state index contributed by atoms with van der Waals surface area (Å²) in [6.45, 7) is 0.847. The standard InChI is InChI=1S/C28H30F3N3O3/c1-27(36)12-10-20(11-13-27)33-23-6-3-7-25-22(23)16-21(34(25)18-28(29,30)31)5-4-14-32-24-9-8-19(17-35)15-26(24)37-2/h3,6-9,15-17,20,32-33,36H,10-14,18H2,1-2H3. The third kappa shape index (κ3) is 6.57. The van der Waals surface area contributed by atoms with Gasteiger partial charge in [-0.15, -0.1) is 0 Å². The maximum Gasteiger partial charge on any atom is 0.406 e. The lowest BCUT2D eigenvalue weighted by atomic mass is 9.83. The number of anilines is 2. The number of aromatic nitrogens is 1. The first-order chi connectivity index (χ1) is 17.6. The number of hydrogen-bond acceptors (Lipinski definition) is 5. The van der Waals surface area contributed by atoms with Crippen molar-refractivity contribution in [3.63, 3.8) is 0 Å². The number of aliphatic hydroxyl groups is 1. The number of halogens is 3. The molecule has 0 bridgehead atoms. The van der Waals surface area contributed by atoms with Crippen LogP contribution in [0.3, 0.4) is 0 Å². The van der Waals surface area contributed by atoms with Crippen molar-refractivity contribution in [2.45, 2.75) is 57.0 Å². The number of rotatable bonds is 7. The molecule has 4 rings (SSSR count). The van der Waals surface area contributed by atoms with Crippen molar-refractivity contribution >= 4 is 28.6 Å². The quantitative estimate of drug-likeness (QED) is 0.284. The number of hydrogen-bond donors (Lipinski definition) is 3. The number of fused-ring (bicyclic) bond motifs is 1. The number of carbonyl (C=O) groups is 1. The number of nitrogens with zero attached hydrogens (tertiary/aromatic N) is 1. The van der Waals surface area contributed by atoms with Crippen LogP contribution in [-0.2, 0) is 6.54 Å². The lowest BCUT2D eigenvalue weighted by Crippen LogP contribution is -2.35. The summed E-state index contributed by atoms with van der Waals surface area (Å²) in [5.74, 6) is 6.26. The van der Waals surface area contributed by atoms with Gasteiger partial charge in [-0.25, -0.2) is 0 Å². The number of benzene rings is 2. The Morgan fingerprint density at radius 1 is 1.19 bits per heavy atom. The van der Waals surface area contributed by atoms with E-state index in [-0.39, 0.29) is 18.3 Å². The molecule has 9 heteroatoms. The van der Waals surface area contributed by atoms with E-state index in [9.17, 15) is 23.1 Å². The summed E-state index contributed by atoms with van der Waals surface area (Å²) in [6.07, 6.45) is -0.798. The zero-order valence-electron chi connectivity index (χ0n) is 20.8. The normalized spacial score (nSPS) is 19.7. The van der Waals surface area contributed by atoms with E-state index in [1.807, 2.05) is 13.0 Å². The fraction of sp³-hybridized carbons (Fsp3) is 0.393. The van der Waals surface area contributed by atoms with Crippen LogP contribution in [0.2, 0.25) is 0 Å². The molecule has 0 atom stereocenters. The highest BCUT2D eigenvalue weighted by molar-refractivity contribution is 5.94. The van der Waals surface area contributed by atoms with Crippen molar-refractivity contribution < 1.29 is 27.8 Å². The third-order valence-corrected chi connectivity index (χ3v) is 6.65. The van der Waals surface area contributed by atoms with Crippen LogP contribution in [0.4, 0.5) is 24.5 Å². The first kappa shape index (κ1) is 26.4. The van der Waals surface area contributed by atoms with E-state index in [4.69, 9.17) is 4.74 Å². The summed E-state index contributed by atoms with van der Waals surface area (Å²) in [6, 6.07) is 12.0. The number of aldehydes is 1. The van der Waals surface area contributed by atoms with Crippen molar-refractivity contribution in [1.82, 2.24) is 4.57 Å². The van der Waals surface area contributed by atoms with E-state index in [0.717, 1.165) is 18.5 Å². The van der Waals surface area contributed by atoms with Crippen LogP contribution in [-0.4, -0.2) is 47.4 Å². The molecule has 1 aromatic heterocycles. The molecule has 1 aliphatic carbocycles. The monoisotopic (exact) mass is 513 g/mol. The fourth-order valence-electron chi connectivity index (χ4n) is 4.67. The molecule has 3 N–H and O–H groups in total. The molecule has 0 amide bonds. The van der Waals surface area contributed by atoms with Crippen LogP contribution in [0.1, 0.15) is 48.7 Å². The number of nitrogens with one attached hydrogen (secondary N) is 2. The Kier molecular flexibility index (Phi) is 7.69. The molecule has 0 radical (unpaired) electrons. The molecule has 1 aliphatic rings. The molecule has 0 unspecified atom stereocenters. The zero-order valence-corrected chi connectivity index (χ0v) is 20.8. The first-order valence-corrected chi connectivity index (χ1v) is 12.1. The summed E-state index contributed by atoms with van der Waals surface area (Å²) in [4.78, 5) is 11.0. The molecule has 1 heterocycles. The van der Waals surface area contributed by atoms with E-state index < -0.39 is 18.3 Å². The van der Waals surface area contributed by atoms with Crippen molar-refractivity contribution in [2.75, 3.05) is 24.3 Å². The van der Waals surface area contributed by atoms with E-state index in [1.165, 1.54) is 11.7 Å². The van der Waals surface area contributed by atoms with E-state index >= 15 is 0 Å². The number of alkyl halides is 3. The van der Waals surface area contributed by atoms with E-state index in [0.29, 0.717) is 47.0 Å². The van der Waals surface area contributed by atoms with Gasteiger partial charge in [0.05, 0.1) is 36.2 Å². The highest BCUT2D eigenvalue weighted by Gasteiger charge is 2.31. The highest BCUT2D eigenvalue weighted by atomic mass is 19.4. The maximum absolute atomic E-state index is 13.5. The molecule has 0 aliphatic heterocycles. The van der Waals surface area contributed by atoms with Gasteiger partial charge in [0.15, 0.2) is 0 Å². The average Bonchev–Trinajstić information content (AvgIpc) is 3.19. The number of carbonyl (C=O) groups excluding carboxylic acids is 1. The topological polar surface area (TPSA) is 75.5 Å². The Hall–Kier alpha value is -3.64. The van der Waals surface area contributed by atoms with Gasteiger partial charge in [-0.3, -0.25) is 4.79 Å². The van der Waals surface area contributed by atoms with Crippen LogP contribution >= 0.6 is 0 Å². The van der Waals surface area contributed by atoms with Crippen molar-refractivity contribution in [3.05, 3.63) is 53.7 Å². The summed E-state index contributed by atoms with van der Waals surface area (Å²) in [5, 5.41) is 17.5. The average molecular weight is 514 g/mol. The second-order valence-electron chi connectivity index (χ2n) is 9.62. The SMILES string of the molecule is COc1cc(C=O)ccc1NCC#Cc1cc2c(NC3CCC(C)(O)CC3)cccc2n1CC(F)(F)F. The predicted octanol–water partition coefficient (Wildman–Crippen LogP) is 5.59. The van der Waals surface area contributed by atoms with Crippen LogP contribution in [0.15, 0.2) is 42.5 Å². The highest BCUT2D eigenvalue weighted by Crippen LogP contribution is 2.34. The van der Waals surface area contributed by atoms with Gasteiger partial charge in [-0.1, -0.05) is 12.0 Å².